The van der Waals surface area contributed by atoms with Gasteiger partial charge in [0.05, 0.1) is 20.4 Å². The third-order valence-corrected chi connectivity index (χ3v) is 5.50. The number of nitrogens with one attached hydrogen (secondary N) is 1. The van der Waals surface area contributed by atoms with E-state index in [1.54, 1.807) is 18.3 Å². The van der Waals surface area contributed by atoms with Gasteiger partial charge in [-0.25, -0.2) is 4.98 Å². The van der Waals surface area contributed by atoms with Gasteiger partial charge in [-0.3, -0.25) is 14.9 Å². The number of rotatable bonds is 5. The third-order valence-electron chi connectivity index (χ3n) is 3.27. The number of benzene rings is 2. The number of hydrogen-bond donors (Lipinski definition) is 1. The number of thioether (sulfide) groups is 1. The molecule has 3 rings (SSSR count). The van der Waals surface area contributed by atoms with Gasteiger partial charge in [0, 0.05) is 17.8 Å². The minimum absolute atomic E-state index is 0.00935. The second kappa shape index (κ2) is 6.98. The van der Waals surface area contributed by atoms with Crippen molar-refractivity contribution in [3.05, 3.63) is 58.6 Å². The van der Waals surface area contributed by atoms with E-state index in [4.69, 9.17) is 0 Å². The van der Waals surface area contributed by atoms with E-state index in [-0.39, 0.29) is 16.8 Å². The summed E-state index contributed by atoms with van der Waals surface area (Å²) < 4.78 is 1.92. The molecule has 0 spiro atoms. The number of hydrogen-bond acceptors (Lipinski definition) is 6. The Balaban J connectivity index is 1.64. The Bertz CT molecular complexity index is 860. The zero-order chi connectivity index (χ0) is 17.1. The molecule has 0 saturated carbocycles. The molecule has 0 radical (unpaired) electrons. The topological polar surface area (TPSA) is 85.1 Å². The van der Waals surface area contributed by atoms with Crippen LogP contribution in [-0.4, -0.2) is 21.1 Å². The number of anilines is 1. The highest BCUT2D eigenvalue weighted by Crippen LogP contribution is 2.32. The lowest BCUT2D eigenvalue weighted by molar-refractivity contribution is -0.384. The van der Waals surface area contributed by atoms with E-state index in [1.807, 2.05) is 24.3 Å². The summed E-state index contributed by atoms with van der Waals surface area (Å²) >= 11 is 2.94. The summed E-state index contributed by atoms with van der Waals surface area (Å²) in [5.74, 6) is -0.173. The zero-order valence-corrected chi connectivity index (χ0v) is 14.3. The molecule has 1 unspecified atom stereocenters. The number of nitrogens with zero attached hydrogens (tertiary/aromatic N) is 2. The SMILES string of the molecule is CC(Sc1nc2ccccc2s1)C(=O)Nc1ccc([N+](=O)[O-])cc1. The number of nitro benzene ring substituents is 1. The minimum Gasteiger partial charge on any atom is -0.325 e. The molecule has 0 aliphatic rings. The Morgan fingerprint density at radius 1 is 1.25 bits per heavy atom. The van der Waals surface area contributed by atoms with Crippen molar-refractivity contribution in [2.75, 3.05) is 5.32 Å². The number of aromatic nitrogens is 1. The van der Waals surface area contributed by atoms with E-state index < -0.39 is 4.92 Å². The van der Waals surface area contributed by atoms with Crippen LogP contribution in [0.25, 0.3) is 10.2 Å². The number of amides is 1. The summed E-state index contributed by atoms with van der Waals surface area (Å²) in [5, 5.41) is 13.1. The predicted molar refractivity (Wildman–Crippen MR) is 96.7 cm³/mol. The standard InChI is InChI=1S/C16H13N3O3S2/c1-10(23-16-18-13-4-2-3-5-14(13)24-16)15(20)17-11-6-8-12(9-7-11)19(21)22/h2-10H,1H3,(H,17,20). The number of nitro groups is 1. The largest absolute Gasteiger partial charge is 0.325 e. The first kappa shape index (κ1) is 16.4. The van der Waals surface area contributed by atoms with Crippen LogP contribution >= 0.6 is 23.1 Å². The molecule has 0 bridgehead atoms. The normalized spacial score (nSPS) is 12.0. The molecule has 1 atom stereocenters. The summed E-state index contributed by atoms with van der Waals surface area (Å²) in [6, 6.07) is 13.6. The van der Waals surface area contributed by atoms with Gasteiger partial charge in [-0.15, -0.1) is 11.3 Å². The molecule has 0 saturated heterocycles. The van der Waals surface area contributed by atoms with Gasteiger partial charge in [-0.05, 0) is 31.2 Å². The van der Waals surface area contributed by atoms with E-state index in [0.29, 0.717) is 5.69 Å². The molecule has 1 heterocycles. The molecule has 6 nitrogen and oxygen atoms in total. The van der Waals surface area contributed by atoms with Crippen molar-refractivity contribution in [2.45, 2.75) is 16.5 Å². The molecule has 1 aromatic heterocycles. The fraction of sp³-hybridized carbons (Fsp3) is 0.125. The molecule has 0 aliphatic heterocycles. The molecule has 8 heteroatoms. The highest BCUT2D eigenvalue weighted by Gasteiger charge is 2.17. The number of fused-ring (bicyclic) bond motifs is 1. The van der Waals surface area contributed by atoms with Crippen LogP contribution in [0.1, 0.15) is 6.92 Å². The molecule has 0 aliphatic carbocycles. The van der Waals surface area contributed by atoms with Gasteiger partial charge in [0.15, 0.2) is 4.34 Å². The van der Waals surface area contributed by atoms with Gasteiger partial charge in [-0.1, -0.05) is 23.9 Å². The molecular formula is C16H13N3O3S2. The minimum atomic E-state index is -0.475. The predicted octanol–water partition coefficient (Wildman–Crippen LogP) is 4.32. The van der Waals surface area contributed by atoms with Crippen LogP contribution in [0.4, 0.5) is 11.4 Å². The third kappa shape index (κ3) is 3.72. The summed E-state index contributed by atoms with van der Waals surface area (Å²) in [5.41, 5.74) is 1.44. The van der Waals surface area contributed by atoms with Crippen LogP contribution < -0.4 is 5.32 Å². The average molecular weight is 359 g/mol. The zero-order valence-electron chi connectivity index (χ0n) is 12.6. The molecule has 0 fully saturated rings. The molecule has 122 valence electrons. The van der Waals surface area contributed by atoms with Crippen LogP contribution in [0.15, 0.2) is 52.9 Å². The van der Waals surface area contributed by atoms with Crippen LogP contribution in [0.2, 0.25) is 0 Å². The first-order chi connectivity index (χ1) is 11.5. The Labute approximate surface area is 146 Å². The molecule has 3 aromatic rings. The van der Waals surface area contributed by atoms with Crippen LogP contribution in [-0.2, 0) is 4.79 Å². The number of non-ortho nitro benzene ring substituents is 1. The monoisotopic (exact) mass is 359 g/mol. The van der Waals surface area contributed by atoms with Crippen molar-refractivity contribution < 1.29 is 9.72 Å². The molecule has 1 amide bonds. The Hall–Kier alpha value is -2.45. The lowest BCUT2D eigenvalue weighted by Crippen LogP contribution is -2.22. The second-order valence-corrected chi connectivity index (χ2v) is 7.62. The fourth-order valence-corrected chi connectivity index (χ4v) is 4.23. The number of carbonyl (C=O) groups is 1. The van der Waals surface area contributed by atoms with Gasteiger partial charge < -0.3 is 5.32 Å². The van der Waals surface area contributed by atoms with Gasteiger partial charge in [0.2, 0.25) is 5.91 Å². The first-order valence-corrected chi connectivity index (χ1v) is 8.80. The van der Waals surface area contributed by atoms with Crippen molar-refractivity contribution in [1.82, 2.24) is 4.98 Å². The lowest BCUT2D eigenvalue weighted by atomic mass is 10.3. The van der Waals surface area contributed by atoms with Gasteiger partial charge in [0.1, 0.15) is 0 Å². The highest BCUT2D eigenvalue weighted by atomic mass is 32.2. The molecule has 24 heavy (non-hydrogen) atoms. The van der Waals surface area contributed by atoms with Crippen LogP contribution in [0.3, 0.4) is 0 Å². The maximum atomic E-state index is 12.3. The van der Waals surface area contributed by atoms with E-state index in [1.165, 1.54) is 36.0 Å². The Morgan fingerprint density at radius 2 is 1.96 bits per heavy atom. The lowest BCUT2D eigenvalue weighted by Gasteiger charge is -2.10. The van der Waals surface area contributed by atoms with E-state index in [0.717, 1.165) is 14.6 Å². The second-order valence-electron chi connectivity index (χ2n) is 5.00. The van der Waals surface area contributed by atoms with Crippen molar-refractivity contribution in [3.8, 4) is 0 Å². The van der Waals surface area contributed by atoms with Crippen LogP contribution in [0.5, 0.6) is 0 Å². The maximum absolute atomic E-state index is 12.3. The quantitative estimate of drug-likeness (QED) is 0.416. The van der Waals surface area contributed by atoms with Crippen LogP contribution in [0, 0.1) is 10.1 Å². The number of para-hydroxylation sites is 1. The maximum Gasteiger partial charge on any atom is 0.269 e. The highest BCUT2D eigenvalue weighted by molar-refractivity contribution is 8.02. The van der Waals surface area contributed by atoms with Gasteiger partial charge in [-0.2, -0.15) is 0 Å². The summed E-state index contributed by atoms with van der Waals surface area (Å²) in [6.07, 6.45) is 0. The van der Waals surface area contributed by atoms with E-state index in [2.05, 4.69) is 10.3 Å². The van der Waals surface area contributed by atoms with E-state index >= 15 is 0 Å². The fourth-order valence-electron chi connectivity index (χ4n) is 2.02. The van der Waals surface area contributed by atoms with Crippen molar-refractivity contribution in [2.24, 2.45) is 0 Å². The molecular weight excluding hydrogens is 346 g/mol. The summed E-state index contributed by atoms with van der Waals surface area (Å²) in [6.45, 7) is 1.80. The molecule has 1 N–H and O–H groups in total. The van der Waals surface area contributed by atoms with Crippen molar-refractivity contribution in [1.29, 1.82) is 0 Å². The number of carbonyl (C=O) groups excluding carboxylic acids is 1. The van der Waals surface area contributed by atoms with Gasteiger partial charge >= 0.3 is 0 Å². The van der Waals surface area contributed by atoms with Crippen molar-refractivity contribution in [3.63, 3.8) is 0 Å². The molecule has 2 aromatic carbocycles. The average Bonchev–Trinajstić information content (AvgIpc) is 2.97. The van der Waals surface area contributed by atoms with Crippen molar-refractivity contribution >= 4 is 50.6 Å². The Morgan fingerprint density at radius 3 is 2.62 bits per heavy atom. The smallest absolute Gasteiger partial charge is 0.269 e. The van der Waals surface area contributed by atoms with Gasteiger partial charge in [0.25, 0.3) is 5.69 Å². The summed E-state index contributed by atoms with van der Waals surface area (Å²) in [4.78, 5) is 26.9. The Kier molecular flexibility index (Phi) is 4.77. The van der Waals surface area contributed by atoms with E-state index in [9.17, 15) is 14.9 Å². The number of thiazole rings is 1. The first-order valence-electron chi connectivity index (χ1n) is 7.10. The summed E-state index contributed by atoms with van der Waals surface area (Å²) in [7, 11) is 0.